The molecule has 1 aliphatic carbocycles. The van der Waals surface area contributed by atoms with Crippen LogP contribution in [0.4, 0.5) is 13.2 Å². The lowest BCUT2D eigenvalue weighted by molar-refractivity contribution is -0.0939. The van der Waals surface area contributed by atoms with Crippen molar-refractivity contribution in [2.45, 2.75) is 25.9 Å². The minimum atomic E-state index is -4.23. The molecule has 1 aliphatic rings. The minimum absolute atomic E-state index is 0.00213. The van der Waals surface area contributed by atoms with Gasteiger partial charge in [0, 0.05) is 5.57 Å². The Kier molecular flexibility index (Phi) is 3.02. The van der Waals surface area contributed by atoms with Gasteiger partial charge in [0.15, 0.2) is 0 Å². The van der Waals surface area contributed by atoms with Gasteiger partial charge in [0.1, 0.15) is 0 Å². The lowest BCUT2D eigenvalue weighted by Crippen LogP contribution is -2.12. The van der Waals surface area contributed by atoms with E-state index >= 15 is 0 Å². The highest BCUT2D eigenvalue weighted by Crippen LogP contribution is 2.31. The van der Waals surface area contributed by atoms with Gasteiger partial charge in [-0.05, 0) is 43.1 Å². The van der Waals surface area contributed by atoms with Crippen molar-refractivity contribution in [2.75, 3.05) is 0 Å². The third kappa shape index (κ3) is 2.64. The Morgan fingerprint density at radius 3 is 2.57 bits per heavy atom. The van der Waals surface area contributed by atoms with Gasteiger partial charge in [-0.25, -0.2) is 0 Å². The Balaban J connectivity index is 3.01. The Morgan fingerprint density at radius 2 is 2.00 bits per heavy atom. The van der Waals surface area contributed by atoms with Crippen LogP contribution in [-0.4, -0.2) is 6.18 Å². The molecule has 0 radical (unpaired) electrons. The molecule has 0 spiro atoms. The van der Waals surface area contributed by atoms with Crippen LogP contribution in [0.2, 0.25) is 0 Å². The maximum absolute atomic E-state index is 12.3. The number of halogens is 3. The first kappa shape index (κ1) is 10.9. The lowest BCUT2D eigenvalue weighted by atomic mass is 9.99. The predicted octanol–water partition coefficient (Wildman–Crippen LogP) is 3.93. The molecule has 0 aromatic heterocycles. The fraction of sp³-hybridized carbons (Fsp3) is 0.364. The molecule has 0 nitrogen and oxygen atoms in total. The van der Waals surface area contributed by atoms with Crippen LogP contribution in [0, 0.1) is 0 Å². The normalized spacial score (nSPS) is 18.4. The highest BCUT2D eigenvalue weighted by atomic mass is 19.4. The van der Waals surface area contributed by atoms with E-state index in [0.717, 1.165) is 17.2 Å². The largest absolute Gasteiger partial charge is 0.412 e. The second-order valence-corrected chi connectivity index (χ2v) is 3.23. The summed E-state index contributed by atoms with van der Waals surface area (Å²) in [4.78, 5) is 0. The molecule has 3 heteroatoms. The second-order valence-electron chi connectivity index (χ2n) is 3.23. The predicted molar refractivity (Wildman–Crippen MR) is 49.8 cm³/mol. The van der Waals surface area contributed by atoms with Gasteiger partial charge in [0.2, 0.25) is 0 Å². The van der Waals surface area contributed by atoms with Crippen LogP contribution in [0.3, 0.4) is 0 Å². The molecule has 0 unspecified atom stereocenters. The summed E-state index contributed by atoms with van der Waals surface area (Å²) in [6, 6.07) is 0. The molecule has 0 bridgehead atoms. The number of rotatable bonds is 0. The van der Waals surface area contributed by atoms with Crippen LogP contribution in [0.15, 0.2) is 41.2 Å². The summed E-state index contributed by atoms with van der Waals surface area (Å²) in [5, 5.41) is 0. The highest BCUT2D eigenvalue weighted by Gasteiger charge is 2.32. The van der Waals surface area contributed by atoms with Gasteiger partial charge in [0.25, 0.3) is 0 Å². The van der Waals surface area contributed by atoms with E-state index in [1.807, 2.05) is 0 Å². The van der Waals surface area contributed by atoms with Crippen molar-refractivity contribution in [2.24, 2.45) is 0 Å². The van der Waals surface area contributed by atoms with Crippen LogP contribution in [0.1, 0.15) is 19.8 Å². The monoisotopic (exact) mass is 200 g/mol. The summed E-state index contributed by atoms with van der Waals surface area (Å²) >= 11 is 0. The van der Waals surface area contributed by atoms with E-state index in [2.05, 4.69) is 12.3 Å². The Labute approximate surface area is 81.1 Å². The van der Waals surface area contributed by atoms with Gasteiger partial charge < -0.3 is 0 Å². The van der Waals surface area contributed by atoms with Crippen molar-refractivity contribution >= 4 is 0 Å². The van der Waals surface area contributed by atoms with Gasteiger partial charge in [-0.3, -0.25) is 0 Å². The van der Waals surface area contributed by atoms with E-state index in [1.165, 1.54) is 6.08 Å². The van der Waals surface area contributed by atoms with Crippen LogP contribution >= 0.6 is 0 Å². The Morgan fingerprint density at radius 1 is 1.36 bits per heavy atom. The quantitative estimate of drug-likeness (QED) is 0.520. The zero-order valence-corrected chi connectivity index (χ0v) is 7.91. The lowest BCUT2D eigenvalue weighted by Gasteiger charge is -2.13. The molecule has 1 rings (SSSR count). The number of hydrogen-bond donors (Lipinski definition) is 0. The molecule has 0 fully saturated rings. The first-order valence-electron chi connectivity index (χ1n) is 4.29. The SMILES string of the molecule is C=C1CCC(C(F)(F)F)=CC=C=C1C. The topological polar surface area (TPSA) is 0 Å². The molecule has 0 saturated carbocycles. The molecular formula is C11H11F3. The van der Waals surface area contributed by atoms with Crippen molar-refractivity contribution in [3.8, 4) is 0 Å². The van der Waals surface area contributed by atoms with Gasteiger partial charge in [-0.15, -0.1) is 5.73 Å². The van der Waals surface area contributed by atoms with Crippen molar-refractivity contribution in [3.05, 3.63) is 41.2 Å². The molecule has 0 aromatic rings. The zero-order valence-electron chi connectivity index (χ0n) is 7.91. The smallest absolute Gasteiger partial charge is 0.166 e. The summed E-state index contributed by atoms with van der Waals surface area (Å²) in [5.41, 5.74) is 3.78. The minimum Gasteiger partial charge on any atom is -0.166 e. The van der Waals surface area contributed by atoms with E-state index in [-0.39, 0.29) is 6.42 Å². The summed E-state index contributed by atoms with van der Waals surface area (Å²) in [5.74, 6) is 0. The summed E-state index contributed by atoms with van der Waals surface area (Å²) in [7, 11) is 0. The molecule has 0 atom stereocenters. The molecule has 0 saturated heterocycles. The maximum atomic E-state index is 12.3. The molecule has 14 heavy (non-hydrogen) atoms. The van der Waals surface area contributed by atoms with Crippen molar-refractivity contribution in [1.82, 2.24) is 0 Å². The van der Waals surface area contributed by atoms with E-state index in [4.69, 9.17) is 0 Å². The van der Waals surface area contributed by atoms with Gasteiger partial charge in [0.05, 0.1) is 0 Å². The third-order valence-electron chi connectivity index (χ3n) is 2.17. The first-order valence-corrected chi connectivity index (χ1v) is 4.29. The number of allylic oxidation sites excluding steroid dienone is 4. The zero-order chi connectivity index (χ0) is 10.8. The Hall–Kier alpha value is -1.21. The van der Waals surface area contributed by atoms with Crippen LogP contribution < -0.4 is 0 Å². The molecule has 0 aliphatic heterocycles. The molecule has 0 N–H and O–H groups in total. The summed E-state index contributed by atoms with van der Waals surface area (Å²) < 4.78 is 37.0. The van der Waals surface area contributed by atoms with E-state index in [9.17, 15) is 13.2 Å². The number of hydrogen-bond acceptors (Lipinski definition) is 0. The Bertz CT molecular complexity index is 336. The molecule has 76 valence electrons. The average Bonchev–Trinajstić information content (AvgIpc) is 2.04. The molecule has 0 heterocycles. The van der Waals surface area contributed by atoms with E-state index in [1.54, 1.807) is 6.92 Å². The maximum Gasteiger partial charge on any atom is 0.412 e. The van der Waals surface area contributed by atoms with Crippen molar-refractivity contribution in [1.29, 1.82) is 0 Å². The summed E-state index contributed by atoms with van der Waals surface area (Å²) in [6.07, 6.45) is -1.50. The van der Waals surface area contributed by atoms with Crippen molar-refractivity contribution in [3.63, 3.8) is 0 Å². The van der Waals surface area contributed by atoms with Gasteiger partial charge in [-0.1, -0.05) is 6.58 Å². The molecule has 0 aromatic carbocycles. The number of alkyl halides is 3. The standard InChI is InChI=1S/C11H11F3/c1-8-4-3-5-10(11(12,13)14)7-6-9(8)2/h3,5H,2,6-7H2,1H3. The van der Waals surface area contributed by atoms with Gasteiger partial charge >= 0.3 is 6.18 Å². The first-order chi connectivity index (χ1) is 6.41. The van der Waals surface area contributed by atoms with Crippen LogP contribution in [-0.2, 0) is 0 Å². The van der Waals surface area contributed by atoms with E-state index in [0.29, 0.717) is 6.42 Å². The summed E-state index contributed by atoms with van der Waals surface area (Å²) in [6.45, 7) is 5.50. The highest BCUT2D eigenvalue weighted by molar-refractivity contribution is 5.31. The molecule has 0 amide bonds. The van der Waals surface area contributed by atoms with Gasteiger partial charge in [-0.2, -0.15) is 13.2 Å². The fourth-order valence-electron chi connectivity index (χ4n) is 1.16. The second kappa shape index (κ2) is 3.89. The van der Waals surface area contributed by atoms with E-state index < -0.39 is 11.7 Å². The average molecular weight is 200 g/mol. The van der Waals surface area contributed by atoms with Crippen molar-refractivity contribution < 1.29 is 13.2 Å². The third-order valence-corrected chi connectivity index (χ3v) is 2.17. The molecular weight excluding hydrogens is 189 g/mol. The van der Waals surface area contributed by atoms with Crippen LogP contribution in [0.5, 0.6) is 0 Å². The van der Waals surface area contributed by atoms with Crippen LogP contribution in [0.25, 0.3) is 0 Å². The fourth-order valence-corrected chi connectivity index (χ4v) is 1.16.